The molecule has 2 aliphatic rings. The van der Waals surface area contributed by atoms with Gasteiger partial charge in [-0.1, -0.05) is 42.0 Å². The summed E-state index contributed by atoms with van der Waals surface area (Å²) in [6, 6.07) is 13.5. The van der Waals surface area contributed by atoms with Gasteiger partial charge < -0.3 is 0 Å². The van der Waals surface area contributed by atoms with Crippen LogP contribution in [-0.2, 0) is 0 Å². The first-order valence-electron chi connectivity index (χ1n) is 6.64. The van der Waals surface area contributed by atoms with Crippen LogP contribution in [0.2, 0.25) is 0 Å². The summed E-state index contributed by atoms with van der Waals surface area (Å²) in [5, 5.41) is 2.73. The van der Waals surface area contributed by atoms with Crippen molar-refractivity contribution in [3.63, 3.8) is 0 Å². The van der Waals surface area contributed by atoms with Gasteiger partial charge in [0, 0.05) is 11.8 Å². The van der Waals surface area contributed by atoms with E-state index in [1.54, 1.807) is 5.57 Å². The average Bonchev–Trinajstić information content (AvgIpc) is 2.93. The Labute approximate surface area is 108 Å². The minimum atomic E-state index is 0.541. The number of hydrogen-bond acceptors (Lipinski definition) is 0. The lowest BCUT2D eigenvalue weighted by molar-refractivity contribution is 0.993. The topological polar surface area (TPSA) is 0 Å². The van der Waals surface area contributed by atoms with Crippen molar-refractivity contribution in [1.29, 1.82) is 0 Å². The molecular formula is C18H16. The van der Waals surface area contributed by atoms with Crippen molar-refractivity contribution in [2.24, 2.45) is 0 Å². The molecule has 2 aliphatic carbocycles. The number of rotatable bonds is 0. The molecule has 0 aromatic heterocycles. The minimum absolute atomic E-state index is 0.541. The maximum absolute atomic E-state index is 2.39. The third kappa shape index (κ3) is 1.16. The second-order valence-electron chi connectivity index (χ2n) is 5.62. The van der Waals surface area contributed by atoms with Crippen LogP contribution < -0.4 is 0 Å². The molecule has 88 valence electrons. The molecule has 0 N–H and O–H groups in total. The predicted octanol–water partition coefficient (Wildman–Crippen LogP) is 4.93. The smallest absolute Gasteiger partial charge is 0.0243 e. The van der Waals surface area contributed by atoms with Gasteiger partial charge >= 0.3 is 0 Å². The van der Waals surface area contributed by atoms with Crippen molar-refractivity contribution >= 4 is 10.8 Å². The highest BCUT2D eigenvalue weighted by Gasteiger charge is 2.37. The lowest BCUT2D eigenvalue weighted by atomic mass is 9.93. The molecule has 2 bridgehead atoms. The van der Waals surface area contributed by atoms with E-state index in [1.165, 1.54) is 27.5 Å². The summed E-state index contributed by atoms with van der Waals surface area (Å²) in [5.41, 5.74) is 6.14. The summed E-state index contributed by atoms with van der Waals surface area (Å²) in [6.45, 7) is 4.49. The van der Waals surface area contributed by atoms with E-state index in [-0.39, 0.29) is 0 Å². The van der Waals surface area contributed by atoms with Crippen LogP contribution in [-0.4, -0.2) is 0 Å². The van der Waals surface area contributed by atoms with Gasteiger partial charge in [0.25, 0.3) is 0 Å². The molecule has 0 aliphatic heterocycles. The van der Waals surface area contributed by atoms with Crippen LogP contribution in [0.4, 0.5) is 0 Å². The van der Waals surface area contributed by atoms with Gasteiger partial charge in [-0.2, -0.15) is 0 Å². The molecule has 0 amide bonds. The van der Waals surface area contributed by atoms with Crippen molar-refractivity contribution in [1.82, 2.24) is 0 Å². The highest BCUT2D eigenvalue weighted by Crippen LogP contribution is 2.54. The third-order valence-electron chi connectivity index (χ3n) is 4.36. The SMILES string of the molecule is CC(C)=C1[C@H]2C=C[C@@H]1c1cc3ccccc3cc12. The Morgan fingerprint density at radius 3 is 1.78 bits per heavy atom. The quantitative estimate of drug-likeness (QED) is 0.565. The molecule has 0 fully saturated rings. The first kappa shape index (κ1) is 10.1. The second-order valence-corrected chi connectivity index (χ2v) is 5.62. The predicted molar refractivity (Wildman–Crippen MR) is 76.9 cm³/mol. The zero-order valence-corrected chi connectivity index (χ0v) is 10.8. The zero-order chi connectivity index (χ0) is 12.3. The van der Waals surface area contributed by atoms with E-state index >= 15 is 0 Å². The Morgan fingerprint density at radius 2 is 1.33 bits per heavy atom. The Morgan fingerprint density at radius 1 is 0.833 bits per heavy atom. The maximum atomic E-state index is 2.39. The molecule has 18 heavy (non-hydrogen) atoms. The Kier molecular flexibility index (Phi) is 1.89. The fraction of sp³-hybridized carbons (Fsp3) is 0.222. The van der Waals surface area contributed by atoms with E-state index in [0.717, 1.165) is 0 Å². The van der Waals surface area contributed by atoms with Crippen molar-refractivity contribution in [3.8, 4) is 0 Å². The molecule has 0 radical (unpaired) electrons. The van der Waals surface area contributed by atoms with E-state index < -0.39 is 0 Å². The highest BCUT2D eigenvalue weighted by molar-refractivity contribution is 5.86. The van der Waals surface area contributed by atoms with Gasteiger partial charge in [-0.25, -0.2) is 0 Å². The summed E-state index contributed by atoms with van der Waals surface area (Å²) in [6.07, 6.45) is 4.76. The molecule has 0 saturated heterocycles. The maximum Gasteiger partial charge on any atom is 0.0243 e. The molecule has 2 aromatic rings. The number of allylic oxidation sites excluding steroid dienone is 4. The first-order chi connectivity index (χ1) is 8.75. The monoisotopic (exact) mass is 232 g/mol. The molecule has 2 aromatic carbocycles. The molecule has 0 spiro atoms. The van der Waals surface area contributed by atoms with Gasteiger partial charge in [0.05, 0.1) is 0 Å². The summed E-state index contributed by atoms with van der Waals surface area (Å²) >= 11 is 0. The third-order valence-corrected chi connectivity index (χ3v) is 4.36. The number of benzene rings is 2. The van der Waals surface area contributed by atoms with Crippen LogP contribution in [0.1, 0.15) is 36.8 Å². The van der Waals surface area contributed by atoms with Gasteiger partial charge in [-0.15, -0.1) is 0 Å². The second kappa shape index (κ2) is 3.35. The van der Waals surface area contributed by atoms with Crippen molar-refractivity contribution in [2.75, 3.05) is 0 Å². The van der Waals surface area contributed by atoms with E-state index in [0.29, 0.717) is 11.8 Å². The van der Waals surface area contributed by atoms with Gasteiger partial charge in [0.2, 0.25) is 0 Å². The van der Waals surface area contributed by atoms with Crippen LogP contribution in [0.25, 0.3) is 10.8 Å². The molecule has 2 atom stereocenters. The summed E-state index contributed by atoms with van der Waals surface area (Å²) < 4.78 is 0. The van der Waals surface area contributed by atoms with Crippen LogP contribution in [0.15, 0.2) is 59.7 Å². The molecule has 0 saturated carbocycles. The molecule has 0 unspecified atom stereocenters. The number of hydrogen-bond donors (Lipinski definition) is 0. The highest BCUT2D eigenvalue weighted by atomic mass is 14.4. The van der Waals surface area contributed by atoms with Gasteiger partial charge in [0.1, 0.15) is 0 Å². The van der Waals surface area contributed by atoms with Crippen molar-refractivity contribution < 1.29 is 0 Å². The number of fused-ring (bicyclic) bond motifs is 6. The summed E-state index contributed by atoms with van der Waals surface area (Å²) in [5.74, 6) is 1.08. The van der Waals surface area contributed by atoms with E-state index in [4.69, 9.17) is 0 Å². The normalized spacial score (nSPS) is 23.8. The first-order valence-corrected chi connectivity index (χ1v) is 6.64. The van der Waals surface area contributed by atoms with E-state index in [1.807, 2.05) is 0 Å². The van der Waals surface area contributed by atoms with Crippen LogP contribution in [0.3, 0.4) is 0 Å². The van der Waals surface area contributed by atoms with Gasteiger partial charge in [-0.3, -0.25) is 0 Å². The van der Waals surface area contributed by atoms with Crippen LogP contribution >= 0.6 is 0 Å². The lowest BCUT2D eigenvalue weighted by Crippen LogP contribution is -1.92. The standard InChI is InChI=1S/C18H16/c1-11(2)18-14-7-8-15(18)17-10-13-6-4-3-5-12(13)9-16(14)17/h3-10,14-15H,1-2H3/t14-,15+. The molecule has 4 rings (SSSR count). The molecule has 0 nitrogen and oxygen atoms in total. The summed E-state index contributed by atoms with van der Waals surface area (Å²) in [4.78, 5) is 0. The van der Waals surface area contributed by atoms with Crippen LogP contribution in [0, 0.1) is 0 Å². The Bertz CT molecular complexity index is 657. The average molecular weight is 232 g/mol. The van der Waals surface area contributed by atoms with Gasteiger partial charge in [-0.05, 0) is 53.5 Å². The summed E-state index contributed by atoms with van der Waals surface area (Å²) in [7, 11) is 0. The van der Waals surface area contributed by atoms with E-state index in [2.05, 4.69) is 62.4 Å². The van der Waals surface area contributed by atoms with Crippen molar-refractivity contribution in [3.05, 3.63) is 70.8 Å². The zero-order valence-electron chi connectivity index (χ0n) is 10.8. The van der Waals surface area contributed by atoms with Crippen LogP contribution in [0.5, 0.6) is 0 Å². The Hall–Kier alpha value is -1.82. The minimum Gasteiger partial charge on any atom is -0.0760 e. The molecule has 0 heteroatoms. The lowest BCUT2D eigenvalue weighted by Gasteiger charge is -2.11. The van der Waals surface area contributed by atoms with Crippen molar-refractivity contribution in [2.45, 2.75) is 25.7 Å². The molecular weight excluding hydrogens is 216 g/mol. The molecule has 0 heterocycles. The van der Waals surface area contributed by atoms with E-state index in [9.17, 15) is 0 Å². The largest absolute Gasteiger partial charge is 0.0760 e. The fourth-order valence-electron chi connectivity index (χ4n) is 3.60. The fourth-order valence-corrected chi connectivity index (χ4v) is 3.60. The Balaban J connectivity index is 2.04. The van der Waals surface area contributed by atoms with Gasteiger partial charge in [0.15, 0.2) is 0 Å².